The van der Waals surface area contributed by atoms with Crippen LogP contribution in [0.4, 0.5) is 0 Å². The Balaban J connectivity index is 2.04. The van der Waals surface area contributed by atoms with Gasteiger partial charge in [0.1, 0.15) is 17.4 Å². The Morgan fingerprint density at radius 1 is 1.23 bits per heavy atom. The van der Waals surface area contributed by atoms with Gasteiger partial charge in [-0.25, -0.2) is 14.4 Å². The molecular weight excluding hydrogens is 342 g/mol. The molecule has 0 aliphatic carbocycles. The van der Waals surface area contributed by atoms with Crippen molar-refractivity contribution >= 4 is 17.8 Å². The van der Waals surface area contributed by atoms with Gasteiger partial charge in [-0.2, -0.15) is 0 Å². The zero-order chi connectivity index (χ0) is 19.3. The molecule has 0 N–H and O–H groups in total. The molecule has 1 aliphatic heterocycles. The predicted molar refractivity (Wildman–Crippen MR) is 90.7 cm³/mol. The molecule has 1 amide bonds. The maximum absolute atomic E-state index is 12.4. The van der Waals surface area contributed by atoms with Crippen LogP contribution in [0.1, 0.15) is 47.9 Å². The minimum atomic E-state index is -0.748. The first-order valence-electron chi connectivity index (χ1n) is 8.59. The molecule has 8 heteroatoms. The largest absolute Gasteiger partial charge is 0.464 e. The molecule has 0 saturated carbocycles. The Kier molecular flexibility index (Phi) is 6.54. The van der Waals surface area contributed by atoms with Crippen molar-refractivity contribution in [3.63, 3.8) is 0 Å². The average Bonchev–Trinajstić information content (AvgIpc) is 2.59. The van der Waals surface area contributed by atoms with Gasteiger partial charge in [-0.05, 0) is 45.6 Å². The number of rotatable bonds is 5. The van der Waals surface area contributed by atoms with Gasteiger partial charge < -0.3 is 18.8 Å². The van der Waals surface area contributed by atoms with Crippen LogP contribution < -0.4 is 5.63 Å². The smallest absolute Gasteiger partial charge is 0.342 e. The molecule has 26 heavy (non-hydrogen) atoms. The molecule has 1 saturated heterocycles. The number of amides is 1. The molecule has 0 aromatic carbocycles. The van der Waals surface area contributed by atoms with Gasteiger partial charge in [-0.3, -0.25) is 4.79 Å². The lowest BCUT2D eigenvalue weighted by Gasteiger charge is -2.33. The molecule has 2 heterocycles. The maximum Gasteiger partial charge on any atom is 0.342 e. The Morgan fingerprint density at radius 3 is 2.62 bits per heavy atom. The molecule has 0 radical (unpaired) electrons. The number of nitrogens with zero attached hydrogens (tertiary/aromatic N) is 1. The topological polar surface area (TPSA) is 103 Å². The van der Waals surface area contributed by atoms with E-state index in [9.17, 15) is 19.2 Å². The quantitative estimate of drug-likeness (QED) is 0.726. The van der Waals surface area contributed by atoms with Crippen LogP contribution in [0.2, 0.25) is 0 Å². The molecule has 1 aromatic heterocycles. The minimum Gasteiger partial charge on any atom is -0.464 e. The van der Waals surface area contributed by atoms with Crippen LogP contribution in [0.3, 0.4) is 0 Å². The molecule has 0 spiro atoms. The second-order valence-corrected chi connectivity index (χ2v) is 6.11. The molecule has 142 valence electrons. The number of carbonyl (C=O) groups excluding carboxylic acids is 3. The Morgan fingerprint density at radius 2 is 1.96 bits per heavy atom. The summed E-state index contributed by atoms with van der Waals surface area (Å²) in [5.74, 6) is -1.51. The normalized spacial score (nSPS) is 16.9. The monoisotopic (exact) mass is 365 g/mol. The van der Waals surface area contributed by atoms with Crippen LogP contribution >= 0.6 is 0 Å². The first kappa shape index (κ1) is 19.7. The lowest BCUT2D eigenvalue weighted by atomic mass is 10.0. The summed E-state index contributed by atoms with van der Waals surface area (Å²) in [6, 6.07) is 0.542. The molecule has 8 nitrogen and oxygen atoms in total. The van der Waals surface area contributed by atoms with Crippen LogP contribution in [0.5, 0.6) is 0 Å². The van der Waals surface area contributed by atoms with Crippen molar-refractivity contribution in [1.82, 2.24) is 4.90 Å². The van der Waals surface area contributed by atoms with E-state index < -0.39 is 36.1 Å². The van der Waals surface area contributed by atoms with Gasteiger partial charge in [0.2, 0.25) is 0 Å². The van der Waals surface area contributed by atoms with E-state index in [0.29, 0.717) is 18.5 Å². The third-order valence-corrected chi connectivity index (χ3v) is 4.25. The summed E-state index contributed by atoms with van der Waals surface area (Å²) >= 11 is 0. The van der Waals surface area contributed by atoms with E-state index in [1.165, 1.54) is 17.9 Å². The van der Waals surface area contributed by atoms with E-state index in [0.717, 1.165) is 12.8 Å². The highest BCUT2D eigenvalue weighted by Gasteiger charge is 2.33. The highest BCUT2D eigenvalue weighted by atomic mass is 16.5. The fourth-order valence-electron chi connectivity index (χ4n) is 3.06. The van der Waals surface area contributed by atoms with Crippen molar-refractivity contribution in [1.29, 1.82) is 0 Å². The summed E-state index contributed by atoms with van der Waals surface area (Å²) < 4.78 is 15.0. The van der Waals surface area contributed by atoms with Gasteiger partial charge >= 0.3 is 17.6 Å². The average molecular weight is 365 g/mol. The van der Waals surface area contributed by atoms with Gasteiger partial charge in [0.25, 0.3) is 5.91 Å². The number of hydrogen-bond acceptors (Lipinski definition) is 7. The number of ether oxygens (including phenoxy) is 2. The number of piperidine rings is 1. The number of aryl methyl sites for hydroxylation is 2. The first-order valence-corrected chi connectivity index (χ1v) is 8.59. The summed E-state index contributed by atoms with van der Waals surface area (Å²) in [6.45, 7) is 4.94. The number of likely N-dealkylation sites (tertiary alicyclic amines) is 1. The lowest BCUT2D eigenvalue weighted by molar-refractivity contribution is -0.157. The zero-order valence-electron chi connectivity index (χ0n) is 15.2. The van der Waals surface area contributed by atoms with E-state index in [1.54, 1.807) is 13.8 Å². The van der Waals surface area contributed by atoms with Crippen molar-refractivity contribution in [2.75, 3.05) is 19.8 Å². The second-order valence-electron chi connectivity index (χ2n) is 6.11. The molecule has 1 aromatic rings. The van der Waals surface area contributed by atoms with Crippen molar-refractivity contribution in [3.8, 4) is 0 Å². The standard InChI is InChI=1S/C18H23NO7/c1-4-24-17(22)13-7-5-6-8-19(13)14(20)10-25-18(23)16-11(2)9-15(21)26-12(16)3/h9,13H,4-8,10H2,1-3H3/t13-/m0/s1. The zero-order valence-corrected chi connectivity index (χ0v) is 15.2. The van der Waals surface area contributed by atoms with Crippen LogP contribution in [0, 0.1) is 13.8 Å². The van der Waals surface area contributed by atoms with Crippen LogP contribution in [0.15, 0.2) is 15.3 Å². The molecule has 0 bridgehead atoms. The molecule has 1 fully saturated rings. The molecular formula is C18H23NO7. The van der Waals surface area contributed by atoms with Crippen molar-refractivity contribution in [2.24, 2.45) is 0 Å². The van der Waals surface area contributed by atoms with Crippen molar-refractivity contribution < 1.29 is 28.3 Å². The highest BCUT2D eigenvalue weighted by molar-refractivity contribution is 5.94. The number of carbonyl (C=O) groups is 3. The Hall–Kier alpha value is -2.64. The van der Waals surface area contributed by atoms with Crippen LogP contribution in [-0.2, 0) is 19.1 Å². The SMILES string of the molecule is CCOC(=O)[C@@H]1CCCCN1C(=O)COC(=O)c1c(C)cc(=O)oc1C. The van der Waals surface area contributed by atoms with Gasteiger partial charge in [-0.15, -0.1) is 0 Å². The third kappa shape index (κ3) is 4.50. The third-order valence-electron chi connectivity index (χ3n) is 4.25. The van der Waals surface area contributed by atoms with E-state index in [2.05, 4.69) is 0 Å². The van der Waals surface area contributed by atoms with E-state index >= 15 is 0 Å². The van der Waals surface area contributed by atoms with Gasteiger partial charge in [0, 0.05) is 12.6 Å². The van der Waals surface area contributed by atoms with Crippen LogP contribution in [0.25, 0.3) is 0 Å². The summed E-state index contributed by atoms with van der Waals surface area (Å²) in [6.07, 6.45) is 2.13. The number of esters is 2. The van der Waals surface area contributed by atoms with Crippen molar-refractivity contribution in [2.45, 2.75) is 46.1 Å². The van der Waals surface area contributed by atoms with Gasteiger partial charge in [-0.1, -0.05) is 0 Å². The first-order chi connectivity index (χ1) is 12.3. The van der Waals surface area contributed by atoms with Crippen molar-refractivity contribution in [3.05, 3.63) is 33.4 Å². The minimum absolute atomic E-state index is 0.123. The Labute approximate surface area is 151 Å². The van der Waals surface area contributed by atoms with Gasteiger partial charge in [0.15, 0.2) is 6.61 Å². The molecule has 2 rings (SSSR count). The fourth-order valence-corrected chi connectivity index (χ4v) is 3.06. The molecule has 0 unspecified atom stereocenters. The summed E-state index contributed by atoms with van der Waals surface area (Å²) in [5.41, 5.74) is -0.0187. The van der Waals surface area contributed by atoms with Crippen LogP contribution in [-0.4, -0.2) is 48.5 Å². The summed E-state index contributed by atoms with van der Waals surface area (Å²) in [7, 11) is 0. The molecule has 1 atom stereocenters. The van der Waals surface area contributed by atoms with Gasteiger partial charge in [0.05, 0.1) is 6.61 Å². The predicted octanol–water partition coefficient (Wildman–Crippen LogP) is 1.36. The molecule has 1 aliphatic rings. The van der Waals surface area contributed by atoms with E-state index in [1.807, 2.05) is 0 Å². The number of hydrogen-bond donors (Lipinski definition) is 0. The second kappa shape index (κ2) is 8.64. The Bertz CT molecular complexity index is 726. The van der Waals surface area contributed by atoms with E-state index in [4.69, 9.17) is 13.9 Å². The fraction of sp³-hybridized carbons (Fsp3) is 0.556. The lowest BCUT2D eigenvalue weighted by Crippen LogP contribution is -2.50. The summed E-state index contributed by atoms with van der Waals surface area (Å²) in [5, 5.41) is 0. The highest BCUT2D eigenvalue weighted by Crippen LogP contribution is 2.19. The summed E-state index contributed by atoms with van der Waals surface area (Å²) in [4.78, 5) is 49.4. The van der Waals surface area contributed by atoms with E-state index in [-0.39, 0.29) is 17.9 Å². The maximum atomic E-state index is 12.4.